The van der Waals surface area contributed by atoms with Crippen molar-refractivity contribution in [2.45, 2.75) is 111 Å². The zero-order valence-electron chi connectivity index (χ0n) is 17.2. The Labute approximate surface area is 152 Å². The molecule has 0 aromatic heterocycles. The molecule has 3 rings (SSSR count). The molecule has 3 aliphatic carbocycles. The Kier molecular flexibility index (Phi) is 6.36. The molecule has 3 saturated carbocycles. The van der Waals surface area contributed by atoms with Gasteiger partial charge in [0.15, 0.2) is 0 Å². The van der Waals surface area contributed by atoms with Crippen molar-refractivity contribution >= 4 is 0 Å². The van der Waals surface area contributed by atoms with Gasteiger partial charge in [-0.2, -0.15) is 0 Å². The van der Waals surface area contributed by atoms with Crippen LogP contribution < -0.4 is 0 Å². The molecule has 0 nitrogen and oxygen atoms in total. The Morgan fingerprint density at radius 2 is 1.46 bits per heavy atom. The van der Waals surface area contributed by atoms with Gasteiger partial charge in [-0.15, -0.1) is 0 Å². The lowest BCUT2D eigenvalue weighted by molar-refractivity contribution is 0.134. The van der Waals surface area contributed by atoms with Gasteiger partial charge in [0.2, 0.25) is 0 Å². The highest BCUT2D eigenvalue weighted by Crippen LogP contribution is 2.48. The lowest BCUT2D eigenvalue weighted by Crippen LogP contribution is -2.27. The second kappa shape index (κ2) is 8.13. The third kappa shape index (κ3) is 4.79. The second-order valence-electron chi connectivity index (χ2n) is 11.0. The van der Waals surface area contributed by atoms with Crippen molar-refractivity contribution in [3.05, 3.63) is 0 Å². The molecule has 24 heavy (non-hydrogen) atoms. The highest BCUT2D eigenvalue weighted by Gasteiger charge is 2.37. The molecule has 0 amide bonds. The first-order chi connectivity index (χ1) is 11.4. The van der Waals surface area contributed by atoms with E-state index in [-0.39, 0.29) is 0 Å². The van der Waals surface area contributed by atoms with Crippen LogP contribution in [0.3, 0.4) is 0 Å². The van der Waals surface area contributed by atoms with Gasteiger partial charge in [-0.3, -0.25) is 0 Å². The first-order valence-corrected chi connectivity index (χ1v) is 11.4. The molecular formula is C24H44. The Morgan fingerprint density at radius 1 is 0.750 bits per heavy atom. The highest BCUT2D eigenvalue weighted by atomic mass is 14.4. The standard InChI is InChI=1S/C24H44/c1-18-12-14-21-16-20(13-15-23(18)21)9-6-5-8-19-10-7-11-22(17-19)24(2,3)4/h18-23H,5-17H2,1-4H3. The van der Waals surface area contributed by atoms with Crippen LogP contribution in [0.5, 0.6) is 0 Å². The van der Waals surface area contributed by atoms with Crippen LogP contribution >= 0.6 is 0 Å². The summed E-state index contributed by atoms with van der Waals surface area (Å²) in [6, 6.07) is 0. The van der Waals surface area contributed by atoms with Gasteiger partial charge in [-0.25, -0.2) is 0 Å². The summed E-state index contributed by atoms with van der Waals surface area (Å²) in [6.45, 7) is 9.89. The molecule has 0 aromatic rings. The summed E-state index contributed by atoms with van der Waals surface area (Å²) < 4.78 is 0. The Bertz CT molecular complexity index is 376. The quantitative estimate of drug-likeness (QED) is 0.449. The summed E-state index contributed by atoms with van der Waals surface area (Å²) >= 11 is 0. The van der Waals surface area contributed by atoms with Crippen molar-refractivity contribution < 1.29 is 0 Å². The number of fused-ring (bicyclic) bond motifs is 1. The van der Waals surface area contributed by atoms with E-state index in [0.29, 0.717) is 5.41 Å². The van der Waals surface area contributed by atoms with E-state index in [9.17, 15) is 0 Å². The Balaban J connectivity index is 1.31. The summed E-state index contributed by atoms with van der Waals surface area (Å²) in [6.07, 6.45) is 19.9. The van der Waals surface area contributed by atoms with E-state index in [1.54, 1.807) is 32.1 Å². The average Bonchev–Trinajstić information content (AvgIpc) is 2.92. The van der Waals surface area contributed by atoms with E-state index in [2.05, 4.69) is 27.7 Å². The van der Waals surface area contributed by atoms with Crippen LogP contribution in [-0.4, -0.2) is 0 Å². The molecule has 140 valence electrons. The summed E-state index contributed by atoms with van der Waals surface area (Å²) in [4.78, 5) is 0. The molecule has 0 aromatic carbocycles. The van der Waals surface area contributed by atoms with Gasteiger partial charge in [-0.05, 0) is 73.0 Å². The number of hydrogen-bond acceptors (Lipinski definition) is 0. The first-order valence-electron chi connectivity index (χ1n) is 11.4. The minimum Gasteiger partial charge on any atom is -0.0622 e. The number of unbranched alkanes of at least 4 members (excludes halogenated alkanes) is 1. The molecule has 0 saturated heterocycles. The highest BCUT2D eigenvalue weighted by molar-refractivity contribution is 4.88. The third-order valence-electron chi connectivity index (χ3n) is 8.36. The molecule has 6 unspecified atom stereocenters. The van der Waals surface area contributed by atoms with Crippen LogP contribution in [0, 0.1) is 40.9 Å². The topological polar surface area (TPSA) is 0 Å². The molecule has 0 aliphatic heterocycles. The molecular weight excluding hydrogens is 288 g/mol. The van der Waals surface area contributed by atoms with E-state index in [0.717, 1.165) is 35.5 Å². The fourth-order valence-electron chi connectivity index (χ4n) is 6.62. The van der Waals surface area contributed by atoms with Crippen LogP contribution in [0.15, 0.2) is 0 Å². The predicted octanol–water partition coefficient (Wildman–Crippen LogP) is 7.86. The number of hydrogen-bond donors (Lipinski definition) is 0. The molecule has 0 N–H and O–H groups in total. The number of rotatable bonds is 5. The van der Waals surface area contributed by atoms with Crippen molar-refractivity contribution in [1.29, 1.82) is 0 Å². The molecule has 3 aliphatic rings. The maximum absolute atomic E-state index is 2.51. The van der Waals surface area contributed by atoms with Gasteiger partial charge in [-0.1, -0.05) is 79.1 Å². The van der Waals surface area contributed by atoms with E-state index < -0.39 is 0 Å². The maximum Gasteiger partial charge on any atom is -0.0354 e. The summed E-state index contributed by atoms with van der Waals surface area (Å²) in [5.41, 5.74) is 0.537. The first kappa shape index (κ1) is 18.8. The molecule has 0 heterocycles. The molecule has 6 atom stereocenters. The SMILES string of the molecule is CC1CCC2CC(CCCCC3CCCC(C(C)(C)C)C3)CCC12. The van der Waals surface area contributed by atoms with E-state index >= 15 is 0 Å². The van der Waals surface area contributed by atoms with Gasteiger partial charge in [0.05, 0.1) is 0 Å². The Morgan fingerprint density at radius 3 is 2.17 bits per heavy atom. The third-order valence-corrected chi connectivity index (χ3v) is 8.36. The second-order valence-corrected chi connectivity index (χ2v) is 11.0. The van der Waals surface area contributed by atoms with Crippen molar-refractivity contribution in [1.82, 2.24) is 0 Å². The largest absolute Gasteiger partial charge is 0.0622 e. The predicted molar refractivity (Wildman–Crippen MR) is 106 cm³/mol. The van der Waals surface area contributed by atoms with Gasteiger partial charge >= 0.3 is 0 Å². The minimum atomic E-state index is 0.537. The van der Waals surface area contributed by atoms with Crippen LogP contribution in [0.2, 0.25) is 0 Å². The molecule has 0 spiro atoms. The van der Waals surface area contributed by atoms with E-state index in [1.165, 1.54) is 51.4 Å². The molecule has 0 heteroatoms. The van der Waals surface area contributed by atoms with Crippen molar-refractivity contribution in [2.24, 2.45) is 40.9 Å². The zero-order chi connectivity index (χ0) is 17.2. The average molecular weight is 333 g/mol. The van der Waals surface area contributed by atoms with Gasteiger partial charge in [0, 0.05) is 0 Å². The summed E-state index contributed by atoms with van der Waals surface area (Å²) in [7, 11) is 0. The Hall–Kier alpha value is 0. The van der Waals surface area contributed by atoms with Crippen LogP contribution in [0.1, 0.15) is 111 Å². The van der Waals surface area contributed by atoms with Crippen molar-refractivity contribution in [2.75, 3.05) is 0 Å². The molecule has 0 radical (unpaired) electrons. The van der Waals surface area contributed by atoms with Crippen LogP contribution in [-0.2, 0) is 0 Å². The molecule has 3 fully saturated rings. The van der Waals surface area contributed by atoms with Crippen molar-refractivity contribution in [3.63, 3.8) is 0 Å². The lowest BCUT2D eigenvalue weighted by Gasteiger charge is -2.38. The lowest BCUT2D eigenvalue weighted by atomic mass is 9.68. The van der Waals surface area contributed by atoms with Crippen LogP contribution in [0.25, 0.3) is 0 Å². The monoisotopic (exact) mass is 332 g/mol. The summed E-state index contributed by atoms with van der Waals surface area (Å²) in [5, 5.41) is 0. The molecule has 0 bridgehead atoms. The fourth-order valence-corrected chi connectivity index (χ4v) is 6.62. The summed E-state index contributed by atoms with van der Waals surface area (Å²) in [5.74, 6) is 6.39. The van der Waals surface area contributed by atoms with Gasteiger partial charge in [0.1, 0.15) is 0 Å². The smallest absolute Gasteiger partial charge is 0.0354 e. The van der Waals surface area contributed by atoms with Crippen LogP contribution in [0.4, 0.5) is 0 Å². The zero-order valence-corrected chi connectivity index (χ0v) is 17.2. The fraction of sp³-hybridized carbons (Fsp3) is 1.00. The minimum absolute atomic E-state index is 0.537. The van der Waals surface area contributed by atoms with Gasteiger partial charge in [0.25, 0.3) is 0 Å². The normalized spacial score (nSPS) is 40.5. The van der Waals surface area contributed by atoms with Crippen molar-refractivity contribution in [3.8, 4) is 0 Å². The van der Waals surface area contributed by atoms with Gasteiger partial charge < -0.3 is 0 Å². The van der Waals surface area contributed by atoms with E-state index in [4.69, 9.17) is 0 Å². The van der Waals surface area contributed by atoms with E-state index in [1.807, 2.05) is 0 Å². The maximum atomic E-state index is 2.51.